The average molecular weight is 466 g/mol. The second kappa shape index (κ2) is 7.48. The van der Waals surface area contributed by atoms with Crippen LogP contribution in [-0.4, -0.2) is 35.3 Å². The normalized spacial score (nSPS) is 28.8. The molecule has 13 heteroatoms. The maximum Gasteiger partial charge on any atom is 0.433 e. The van der Waals surface area contributed by atoms with Gasteiger partial charge in [-0.25, -0.2) is 27.5 Å². The first-order chi connectivity index (χ1) is 14.8. The molecular formula is C19H21F7N6. The molecule has 32 heavy (non-hydrogen) atoms. The molecule has 4 rings (SSSR count). The Morgan fingerprint density at radius 2 is 1.66 bits per heavy atom. The summed E-state index contributed by atoms with van der Waals surface area (Å²) >= 11 is 0. The molecule has 1 aromatic heterocycles. The first-order valence-corrected chi connectivity index (χ1v) is 10.0. The number of aliphatic imine (C=N–C) groups is 2. The number of aromatic nitrogens is 1. The zero-order valence-electron chi connectivity index (χ0n) is 16.7. The molecule has 2 heterocycles. The molecule has 0 bridgehead atoms. The Morgan fingerprint density at radius 3 is 2.25 bits per heavy atom. The SMILES string of the molecule is NC1=NC(CC2CC(F)(F)C2)(c2cccc(C(F)(F)F)n2)NC(=NCC2CC(F)(F)C2)N1. The van der Waals surface area contributed by atoms with Gasteiger partial charge >= 0.3 is 6.18 Å². The van der Waals surface area contributed by atoms with Gasteiger partial charge in [0.1, 0.15) is 5.69 Å². The number of hydrogen-bond donors (Lipinski definition) is 3. The highest BCUT2D eigenvalue weighted by Crippen LogP contribution is 2.48. The summed E-state index contributed by atoms with van der Waals surface area (Å²) in [5, 5.41) is 5.47. The smallest absolute Gasteiger partial charge is 0.370 e. The number of hydrogen-bond acceptors (Lipinski definition) is 4. The fourth-order valence-electron chi connectivity index (χ4n) is 4.32. The van der Waals surface area contributed by atoms with Crippen LogP contribution < -0.4 is 16.4 Å². The predicted molar refractivity (Wildman–Crippen MR) is 101 cm³/mol. The molecule has 2 fully saturated rings. The van der Waals surface area contributed by atoms with Gasteiger partial charge in [0.2, 0.25) is 11.8 Å². The summed E-state index contributed by atoms with van der Waals surface area (Å²) in [7, 11) is 0. The van der Waals surface area contributed by atoms with Gasteiger partial charge in [-0.3, -0.25) is 10.3 Å². The Bertz CT molecular complexity index is 928. The Balaban J connectivity index is 1.63. The summed E-state index contributed by atoms with van der Waals surface area (Å²) in [4.78, 5) is 12.1. The van der Waals surface area contributed by atoms with E-state index in [1.165, 1.54) is 6.07 Å². The third-order valence-corrected chi connectivity index (χ3v) is 5.79. The van der Waals surface area contributed by atoms with Crippen molar-refractivity contribution in [2.24, 2.45) is 27.6 Å². The summed E-state index contributed by atoms with van der Waals surface area (Å²) < 4.78 is 92.7. The number of rotatable bonds is 5. The molecule has 2 saturated carbocycles. The van der Waals surface area contributed by atoms with E-state index in [9.17, 15) is 30.7 Å². The molecule has 3 aliphatic rings. The van der Waals surface area contributed by atoms with Crippen LogP contribution in [-0.2, 0) is 11.8 Å². The van der Waals surface area contributed by atoms with Crippen molar-refractivity contribution in [2.45, 2.75) is 55.8 Å². The van der Waals surface area contributed by atoms with E-state index in [4.69, 9.17) is 5.73 Å². The van der Waals surface area contributed by atoms with Gasteiger partial charge in [0.15, 0.2) is 17.6 Å². The summed E-state index contributed by atoms with van der Waals surface area (Å²) in [5.74, 6) is -6.66. The summed E-state index contributed by atoms with van der Waals surface area (Å²) in [6.07, 6.45) is -6.34. The Hall–Kier alpha value is -2.60. The van der Waals surface area contributed by atoms with E-state index in [0.717, 1.165) is 12.1 Å². The lowest BCUT2D eigenvalue weighted by Gasteiger charge is -2.43. The molecule has 0 radical (unpaired) electrons. The molecule has 0 amide bonds. The van der Waals surface area contributed by atoms with Gasteiger partial charge in [0.05, 0.1) is 5.69 Å². The highest BCUT2D eigenvalue weighted by atomic mass is 19.4. The second-order valence-corrected chi connectivity index (χ2v) is 8.67. The largest absolute Gasteiger partial charge is 0.433 e. The van der Waals surface area contributed by atoms with Gasteiger partial charge in [0.25, 0.3) is 0 Å². The molecule has 176 valence electrons. The summed E-state index contributed by atoms with van der Waals surface area (Å²) in [6.45, 7) is 0.0335. The number of nitrogens with one attached hydrogen (secondary N) is 2. The van der Waals surface area contributed by atoms with Gasteiger partial charge in [-0.15, -0.1) is 0 Å². The molecule has 1 unspecified atom stereocenters. The third kappa shape index (κ3) is 4.75. The van der Waals surface area contributed by atoms with Gasteiger partial charge in [0, 0.05) is 38.6 Å². The topological polar surface area (TPSA) is 87.7 Å². The van der Waals surface area contributed by atoms with E-state index in [1.54, 1.807) is 0 Å². The molecule has 0 saturated heterocycles. The minimum atomic E-state index is -4.73. The van der Waals surface area contributed by atoms with Gasteiger partial charge in [-0.2, -0.15) is 13.2 Å². The number of nitrogens with zero attached hydrogens (tertiary/aromatic N) is 3. The van der Waals surface area contributed by atoms with E-state index in [0.29, 0.717) is 0 Å². The van der Waals surface area contributed by atoms with Crippen molar-refractivity contribution < 1.29 is 30.7 Å². The van der Waals surface area contributed by atoms with Crippen molar-refractivity contribution >= 4 is 11.9 Å². The van der Waals surface area contributed by atoms with Crippen LogP contribution in [0.15, 0.2) is 28.2 Å². The second-order valence-electron chi connectivity index (χ2n) is 8.67. The quantitative estimate of drug-likeness (QED) is 0.579. The number of alkyl halides is 7. The maximum atomic E-state index is 13.4. The van der Waals surface area contributed by atoms with Crippen LogP contribution in [0.25, 0.3) is 0 Å². The van der Waals surface area contributed by atoms with Crippen LogP contribution in [0.2, 0.25) is 0 Å². The highest BCUT2D eigenvalue weighted by Gasteiger charge is 2.51. The van der Waals surface area contributed by atoms with Crippen molar-refractivity contribution in [1.82, 2.24) is 15.6 Å². The van der Waals surface area contributed by atoms with E-state index < -0.39 is 48.1 Å². The monoisotopic (exact) mass is 466 g/mol. The predicted octanol–water partition coefficient (Wildman–Crippen LogP) is 3.60. The van der Waals surface area contributed by atoms with Gasteiger partial charge in [-0.1, -0.05) is 6.07 Å². The van der Waals surface area contributed by atoms with Gasteiger partial charge < -0.3 is 11.1 Å². The molecule has 0 aromatic carbocycles. The van der Waals surface area contributed by atoms with E-state index >= 15 is 0 Å². The number of halogens is 7. The summed E-state index contributed by atoms with van der Waals surface area (Å²) in [6, 6.07) is 3.23. The van der Waals surface area contributed by atoms with Crippen LogP contribution in [0.4, 0.5) is 30.7 Å². The first-order valence-electron chi connectivity index (χ1n) is 10.0. The van der Waals surface area contributed by atoms with Gasteiger partial charge in [-0.05, 0) is 24.0 Å². The van der Waals surface area contributed by atoms with E-state index in [-0.39, 0.29) is 49.3 Å². The average Bonchev–Trinajstić information content (AvgIpc) is 2.62. The third-order valence-electron chi connectivity index (χ3n) is 5.79. The van der Waals surface area contributed by atoms with Crippen molar-refractivity contribution in [2.75, 3.05) is 6.54 Å². The maximum absolute atomic E-state index is 13.4. The number of guanidine groups is 2. The Kier molecular flexibility index (Phi) is 5.28. The molecule has 1 aromatic rings. The van der Waals surface area contributed by atoms with Crippen molar-refractivity contribution in [3.05, 3.63) is 29.6 Å². The molecular weight excluding hydrogens is 445 g/mol. The minimum Gasteiger partial charge on any atom is -0.370 e. The fraction of sp³-hybridized carbons (Fsp3) is 0.632. The standard InChI is InChI=1S/C19H21F7N6/c20-16(21)4-10(5-16)8-18(12-2-1-3-13(29-12)19(24,25)26)31-14(27)30-15(32-18)28-9-11-6-17(22,23)7-11/h1-3,10-11H,4-9H2,(H4,27,28,30,31,32). The summed E-state index contributed by atoms with van der Waals surface area (Å²) in [5.41, 5.74) is 2.85. The van der Waals surface area contributed by atoms with Crippen LogP contribution >= 0.6 is 0 Å². The Labute approximate surface area is 178 Å². The zero-order chi connectivity index (χ0) is 23.4. The first kappa shape index (κ1) is 22.6. The van der Waals surface area contributed by atoms with Crippen LogP contribution in [0.5, 0.6) is 0 Å². The lowest BCUT2D eigenvalue weighted by atomic mass is 9.75. The fourth-order valence-corrected chi connectivity index (χ4v) is 4.32. The minimum absolute atomic E-state index is 0.0120. The van der Waals surface area contributed by atoms with Crippen molar-refractivity contribution in [3.63, 3.8) is 0 Å². The molecule has 6 nitrogen and oxygen atoms in total. The molecule has 4 N–H and O–H groups in total. The highest BCUT2D eigenvalue weighted by molar-refractivity contribution is 6.00. The molecule has 1 atom stereocenters. The van der Waals surface area contributed by atoms with E-state index in [1.807, 2.05) is 0 Å². The van der Waals surface area contributed by atoms with Crippen LogP contribution in [0, 0.1) is 11.8 Å². The van der Waals surface area contributed by atoms with Crippen LogP contribution in [0.3, 0.4) is 0 Å². The van der Waals surface area contributed by atoms with Crippen molar-refractivity contribution in [1.29, 1.82) is 0 Å². The molecule has 1 aliphatic heterocycles. The number of pyridine rings is 1. The lowest BCUT2D eigenvalue weighted by Crippen LogP contribution is -2.60. The molecule has 2 aliphatic carbocycles. The number of nitrogens with two attached hydrogens (primary N) is 1. The lowest BCUT2D eigenvalue weighted by molar-refractivity contribution is -0.141. The van der Waals surface area contributed by atoms with Crippen LogP contribution in [0.1, 0.15) is 43.5 Å². The van der Waals surface area contributed by atoms with Crippen molar-refractivity contribution in [3.8, 4) is 0 Å². The Morgan fingerprint density at radius 1 is 1.03 bits per heavy atom. The van der Waals surface area contributed by atoms with E-state index in [2.05, 4.69) is 25.6 Å². The zero-order valence-corrected chi connectivity index (χ0v) is 16.7. The molecule has 0 spiro atoms.